The van der Waals surface area contributed by atoms with Gasteiger partial charge in [0.25, 0.3) is 0 Å². The molecule has 4 heteroatoms. The van der Waals surface area contributed by atoms with E-state index >= 15 is 0 Å². The number of carboxylic acid groups (broad SMARTS) is 1. The summed E-state index contributed by atoms with van der Waals surface area (Å²) in [5.74, 6) is -2.05. The van der Waals surface area contributed by atoms with Crippen molar-refractivity contribution in [2.75, 3.05) is 0 Å². The molecule has 2 atom stereocenters. The van der Waals surface area contributed by atoms with Gasteiger partial charge in [-0.3, -0.25) is 9.59 Å². The predicted octanol–water partition coefficient (Wildman–Crippen LogP) is 2.47. The number of carbonyl (C=O) groups is 2. The third-order valence-corrected chi connectivity index (χ3v) is 2.45. The summed E-state index contributed by atoms with van der Waals surface area (Å²) in [6.45, 7) is 9.05. The molecule has 94 valence electrons. The Bertz CT molecular complexity index is 252. The van der Waals surface area contributed by atoms with Crippen LogP contribution < -0.4 is 0 Å². The fourth-order valence-corrected chi connectivity index (χ4v) is 1.38. The first-order valence-electron chi connectivity index (χ1n) is 5.62. The number of carbonyl (C=O) groups excluding carboxylic acids is 1. The first-order valence-corrected chi connectivity index (χ1v) is 5.62. The summed E-state index contributed by atoms with van der Waals surface area (Å²) in [6.07, 6.45) is 0.682. The van der Waals surface area contributed by atoms with Gasteiger partial charge in [0.15, 0.2) is 0 Å². The summed E-state index contributed by atoms with van der Waals surface area (Å²) in [5.41, 5.74) is -0.560. The fraction of sp³-hybridized carbons (Fsp3) is 0.833. The molecule has 4 nitrogen and oxygen atoms in total. The molecular weight excluding hydrogens is 208 g/mol. The van der Waals surface area contributed by atoms with Gasteiger partial charge in [-0.2, -0.15) is 0 Å². The SMILES string of the molecule is CCC(C)[C@@H](CC(=O)OC(C)(C)C)C(=O)O. The maximum absolute atomic E-state index is 11.5. The van der Waals surface area contributed by atoms with Crippen LogP contribution in [0.4, 0.5) is 0 Å². The number of ether oxygens (including phenoxy) is 1. The molecule has 0 bridgehead atoms. The number of esters is 1. The fourth-order valence-electron chi connectivity index (χ4n) is 1.38. The lowest BCUT2D eigenvalue weighted by Crippen LogP contribution is -2.29. The third kappa shape index (κ3) is 5.73. The van der Waals surface area contributed by atoms with Gasteiger partial charge in [0.2, 0.25) is 0 Å². The van der Waals surface area contributed by atoms with Crippen molar-refractivity contribution in [2.24, 2.45) is 11.8 Å². The summed E-state index contributed by atoms with van der Waals surface area (Å²) in [4.78, 5) is 22.5. The van der Waals surface area contributed by atoms with Gasteiger partial charge in [-0.15, -0.1) is 0 Å². The summed E-state index contributed by atoms with van der Waals surface area (Å²) in [5, 5.41) is 9.01. The van der Waals surface area contributed by atoms with Crippen molar-refractivity contribution in [3.63, 3.8) is 0 Å². The standard InChI is InChI=1S/C12H22O4/c1-6-8(2)9(11(14)15)7-10(13)16-12(3,4)5/h8-9H,6-7H2,1-5H3,(H,14,15)/t8?,9-/m1/s1. The third-order valence-electron chi connectivity index (χ3n) is 2.45. The van der Waals surface area contributed by atoms with Gasteiger partial charge in [-0.1, -0.05) is 20.3 Å². The second-order valence-corrected chi connectivity index (χ2v) is 5.12. The first-order chi connectivity index (χ1) is 7.17. The molecule has 0 rings (SSSR count). The largest absolute Gasteiger partial charge is 0.481 e. The van der Waals surface area contributed by atoms with Crippen LogP contribution in [-0.2, 0) is 14.3 Å². The zero-order chi connectivity index (χ0) is 12.9. The average molecular weight is 230 g/mol. The van der Waals surface area contributed by atoms with Gasteiger partial charge in [0, 0.05) is 0 Å². The smallest absolute Gasteiger partial charge is 0.307 e. The quantitative estimate of drug-likeness (QED) is 0.737. The van der Waals surface area contributed by atoms with E-state index in [1.165, 1.54) is 0 Å². The molecule has 0 aromatic heterocycles. The van der Waals surface area contributed by atoms with Crippen molar-refractivity contribution >= 4 is 11.9 Å². The van der Waals surface area contributed by atoms with E-state index in [-0.39, 0.29) is 12.3 Å². The second kappa shape index (κ2) is 5.87. The Morgan fingerprint density at radius 1 is 1.31 bits per heavy atom. The number of hydrogen-bond acceptors (Lipinski definition) is 3. The summed E-state index contributed by atoms with van der Waals surface area (Å²) in [6, 6.07) is 0. The van der Waals surface area contributed by atoms with Crippen molar-refractivity contribution in [3.05, 3.63) is 0 Å². The van der Waals surface area contributed by atoms with Crippen LogP contribution in [0.1, 0.15) is 47.5 Å². The second-order valence-electron chi connectivity index (χ2n) is 5.12. The molecule has 0 aliphatic rings. The van der Waals surface area contributed by atoms with Gasteiger partial charge in [0.05, 0.1) is 12.3 Å². The van der Waals surface area contributed by atoms with Gasteiger partial charge in [0.1, 0.15) is 5.60 Å². The lowest BCUT2D eigenvalue weighted by atomic mass is 9.89. The predicted molar refractivity (Wildman–Crippen MR) is 61.0 cm³/mol. The molecule has 0 saturated heterocycles. The van der Waals surface area contributed by atoms with Crippen LogP contribution in [0, 0.1) is 11.8 Å². The Morgan fingerprint density at radius 3 is 2.12 bits per heavy atom. The van der Waals surface area contributed by atoms with Crippen molar-refractivity contribution in [1.29, 1.82) is 0 Å². The molecule has 0 spiro atoms. The molecule has 0 aliphatic heterocycles. The number of aliphatic carboxylic acids is 1. The normalized spacial score (nSPS) is 15.3. The maximum atomic E-state index is 11.5. The molecule has 1 N–H and O–H groups in total. The molecule has 0 fully saturated rings. The van der Waals surface area contributed by atoms with Crippen LogP contribution in [0.15, 0.2) is 0 Å². The van der Waals surface area contributed by atoms with Gasteiger partial charge >= 0.3 is 11.9 Å². The molecule has 0 aromatic rings. The molecule has 0 amide bonds. The lowest BCUT2D eigenvalue weighted by Gasteiger charge is -2.22. The topological polar surface area (TPSA) is 63.6 Å². The molecule has 1 unspecified atom stereocenters. The minimum atomic E-state index is -0.930. The molecule has 0 heterocycles. The van der Waals surface area contributed by atoms with E-state index in [0.29, 0.717) is 0 Å². The van der Waals surface area contributed by atoms with Crippen molar-refractivity contribution < 1.29 is 19.4 Å². The lowest BCUT2D eigenvalue weighted by molar-refractivity contribution is -0.161. The monoisotopic (exact) mass is 230 g/mol. The van der Waals surface area contributed by atoms with Crippen LogP contribution in [0.3, 0.4) is 0 Å². The summed E-state index contributed by atoms with van der Waals surface area (Å²) >= 11 is 0. The van der Waals surface area contributed by atoms with E-state index in [4.69, 9.17) is 9.84 Å². The highest BCUT2D eigenvalue weighted by molar-refractivity contribution is 5.79. The van der Waals surface area contributed by atoms with Crippen LogP contribution in [-0.4, -0.2) is 22.6 Å². The van der Waals surface area contributed by atoms with E-state index in [1.54, 1.807) is 20.8 Å². The Hall–Kier alpha value is -1.06. The van der Waals surface area contributed by atoms with E-state index in [0.717, 1.165) is 6.42 Å². The van der Waals surface area contributed by atoms with Crippen LogP contribution in [0.5, 0.6) is 0 Å². The average Bonchev–Trinajstić information content (AvgIpc) is 2.09. The van der Waals surface area contributed by atoms with Crippen molar-refractivity contribution in [2.45, 2.75) is 53.1 Å². The van der Waals surface area contributed by atoms with Crippen molar-refractivity contribution in [3.8, 4) is 0 Å². The molecule has 0 saturated carbocycles. The molecule has 0 aliphatic carbocycles. The van der Waals surface area contributed by atoms with E-state index in [2.05, 4.69) is 0 Å². The summed E-state index contributed by atoms with van der Waals surface area (Å²) < 4.78 is 5.11. The Kier molecular flexibility index (Phi) is 5.48. The first kappa shape index (κ1) is 14.9. The molecule has 0 radical (unpaired) electrons. The highest BCUT2D eigenvalue weighted by atomic mass is 16.6. The molecule has 0 aromatic carbocycles. The Labute approximate surface area is 97.0 Å². The highest BCUT2D eigenvalue weighted by Crippen LogP contribution is 2.21. The zero-order valence-electron chi connectivity index (χ0n) is 10.7. The zero-order valence-corrected chi connectivity index (χ0v) is 10.7. The number of carboxylic acids is 1. The molecular formula is C12H22O4. The number of hydrogen-bond donors (Lipinski definition) is 1. The van der Waals surface area contributed by atoms with Crippen LogP contribution in [0.2, 0.25) is 0 Å². The van der Waals surface area contributed by atoms with Gasteiger partial charge < -0.3 is 9.84 Å². The van der Waals surface area contributed by atoms with E-state index < -0.39 is 23.5 Å². The van der Waals surface area contributed by atoms with E-state index in [1.807, 2.05) is 13.8 Å². The van der Waals surface area contributed by atoms with E-state index in [9.17, 15) is 9.59 Å². The van der Waals surface area contributed by atoms with Crippen LogP contribution in [0.25, 0.3) is 0 Å². The minimum absolute atomic E-state index is 0.0231. The Morgan fingerprint density at radius 2 is 1.81 bits per heavy atom. The summed E-state index contributed by atoms with van der Waals surface area (Å²) in [7, 11) is 0. The Balaban J connectivity index is 4.42. The molecule has 16 heavy (non-hydrogen) atoms. The van der Waals surface area contributed by atoms with Crippen LogP contribution >= 0.6 is 0 Å². The van der Waals surface area contributed by atoms with Gasteiger partial charge in [-0.05, 0) is 26.7 Å². The van der Waals surface area contributed by atoms with Crippen molar-refractivity contribution in [1.82, 2.24) is 0 Å². The maximum Gasteiger partial charge on any atom is 0.307 e. The number of rotatable bonds is 5. The minimum Gasteiger partial charge on any atom is -0.481 e. The highest BCUT2D eigenvalue weighted by Gasteiger charge is 2.28. The van der Waals surface area contributed by atoms with Gasteiger partial charge in [-0.25, -0.2) is 0 Å².